The quantitative estimate of drug-likeness (QED) is 0.562. The first-order chi connectivity index (χ1) is 14.7. The maximum Gasteiger partial charge on any atom is 0.127 e. The summed E-state index contributed by atoms with van der Waals surface area (Å²) in [7, 11) is 1.76. The Kier molecular flexibility index (Phi) is 9.30. The van der Waals surface area contributed by atoms with Crippen LogP contribution in [0.4, 0.5) is 4.39 Å². The summed E-state index contributed by atoms with van der Waals surface area (Å²) in [5.74, 6) is 1.67. The van der Waals surface area contributed by atoms with Crippen LogP contribution in [0.25, 0.3) is 0 Å². The van der Waals surface area contributed by atoms with Crippen molar-refractivity contribution in [1.29, 1.82) is 0 Å². The molecule has 3 rings (SSSR count). The van der Waals surface area contributed by atoms with E-state index in [4.69, 9.17) is 4.74 Å². The SMILES string of the molecule is CCCCc1ncc(CN(CCOC)CC2CCN(Cc3ccccc3F)CC2)[nH]1. The summed E-state index contributed by atoms with van der Waals surface area (Å²) in [6, 6.07) is 7.13. The molecule has 0 bridgehead atoms. The van der Waals surface area contributed by atoms with Gasteiger partial charge in [-0.15, -0.1) is 0 Å². The summed E-state index contributed by atoms with van der Waals surface area (Å²) < 4.78 is 19.3. The van der Waals surface area contributed by atoms with E-state index >= 15 is 0 Å². The Bertz CT molecular complexity index is 742. The van der Waals surface area contributed by atoms with Crippen molar-refractivity contribution in [2.75, 3.05) is 39.9 Å². The summed E-state index contributed by atoms with van der Waals surface area (Å²) in [4.78, 5) is 12.9. The van der Waals surface area contributed by atoms with Crippen molar-refractivity contribution in [3.05, 3.63) is 53.4 Å². The molecule has 1 saturated heterocycles. The van der Waals surface area contributed by atoms with Gasteiger partial charge >= 0.3 is 0 Å². The number of hydrogen-bond donors (Lipinski definition) is 1. The van der Waals surface area contributed by atoms with Crippen LogP contribution in [0.15, 0.2) is 30.5 Å². The predicted octanol–water partition coefficient (Wildman–Crippen LogP) is 4.25. The van der Waals surface area contributed by atoms with Gasteiger partial charge in [-0.25, -0.2) is 9.37 Å². The zero-order valence-corrected chi connectivity index (χ0v) is 18.6. The Labute approximate surface area is 180 Å². The Morgan fingerprint density at radius 2 is 2.07 bits per heavy atom. The number of benzene rings is 1. The van der Waals surface area contributed by atoms with Gasteiger partial charge in [-0.1, -0.05) is 31.5 Å². The first-order valence-electron chi connectivity index (χ1n) is 11.4. The first-order valence-corrected chi connectivity index (χ1v) is 11.4. The molecule has 1 aliphatic rings. The van der Waals surface area contributed by atoms with Crippen LogP contribution in [0, 0.1) is 11.7 Å². The van der Waals surface area contributed by atoms with Gasteiger partial charge in [0.25, 0.3) is 0 Å². The molecule has 1 aromatic heterocycles. The molecule has 1 fully saturated rings. The number of aromatic nitrogens is 2. The number of halogens is 1. The van der Waals surface area contributed by atoms with Gasteiger partial charge in [0.1, 0.15) is 11.6 Å². The Hall–Kier alpha value is -1.76. The molecule has 1 aliphatic heterocycles. The number of ether oxygens (including phenoxy) is 1. The number of unbranched alkanes of at least 4 members (excludes halogenated alkanes) is 1. The number of rotatable bonds is 12. The van der Waals surface area contributed by atoms with Crippen molar-refractivity contribution < 1.29 is 9.13 Å². The molecule has 30 heavy (non-hydrogen) atoms. The fraction of sp³-hybridized carbons (Fsp3) is 0.625. The molecule has 1 aromatic carbocycles. The van der Waals surface area contributed by atoms with Crippen molar-refractivity contribution in [3.8, 4) is 0 Å². The maximum absolute atomic E-state index is 13.9. The van der Waals surface area contributed by atoms with E-state index < -0.39 is 0 Å². The summed E-state index contributed by atoms with van der Waals surface area (Å²) in [5.41, 5.74) is 1.99. The number of nitrogens with one attached hydrogen (secondary N) is 1. The van der Waals surface area contributed by atoms with Gasteiger partial charge in [-0.05, 0) is 44.3 Å². The number of methoxy groups -OCH3 is 1. The lowest BCUT2D eigenvalue weighted by molar-refractivity contribution is 0.105. The molecular weight excluding hydrogens is 379 g/mol. The van der Waals surface area contributed by atoms with E-state index in [-0.39, 0.29) is 5.82 Å². The molecule has 5 nitrogen and oxygen atoms in total. The van der Waals surface area contributed by atoms with E-state index in [1.807, 2.05) is 18.3 Å². The van der Waals surface area contributed by atoms with E-state index in [1.165, 1.54) is 18.5 Å². The van der Waals surface area contributed by atoms with Crippen LogP contribution < -0.4 is 0 Å². The van der Waals surface area contributed by atoms with Crippen molar-refractivity contribution in [2.45, 2.75) is 52.1 Å². The molecule has 166 valence electrons. The highest BCUT2D eigenvalue weighted by atomic mass is 19.1. The lowest BCUT2D eigenvalue weighted by atomic mass is 9.95. The fourth-order valence-electron chi connectivity index (χ4n) is 4.21. The molecule has 0 atom stereocenters. The van der Waals surface area contributed by atoms with E-state index in [9.17, 15) is 4.39 Å². The highest BCUT2D eigenvalue weighted by molar-refractivity contribution is 5.17. The van der Waals surface area contributed by atoms with Crippen molar-refractivity contribution in [1.82, 2.24) is 19.8 Å². The van der Waals surface area contributed by atoms with Crippen LogP contribution in [0.5, 0.6) is 0 Å². The highest BCUT2D eigenvalue weighted by Crippen LogP contribution is 2.21. The molecule has 0 spiro atoms. The summed E-state index contributed by atoms with van der Waals surface area (Å²) in [5, 5.41) is 0. The van der Waals surface area contributed by atoms with Gasteiger partial charge in [-0.3, -0.25) is 9.80 Å². The Morgan fingerprint density at radius 3 is 2.80 bits per heavy atom. The second-order valence-corrected chi connectivity index (χ2v) is 8.50. The van der Waals surface area contributed by atoms with Gasteiger partial charge in [0, 0.05) is 57.2 Å². The van der Waals surface area contributed by atoms with Crippen molar-refractivity contribution in [3.63, 3.8) is 0 Å². The number of likely N-dealkylation sites (tertiary alicyclic amines) is 1. The average molecular weight is 417 g/mol. The number of H-pyrrole nitrogens is 1. The lowest BCUT2D eigenvalue weighted by Gasteiger charge is -2.35. The normalized spacial score (nSPS) is 15.9. The Morgan fingerprint density at radius 1 is 1.27 bits per heavy atom. The second-order valence-electron chi connectivity index (χ2n) is 8.50. The summed E-state index contributed by atoms with van der Waals surface area (Å²) >= 11 is 0. The van der Waals surface area contributed by atoms with Crippen LogP contribution in [-0.4, -0.2) is 59.7 Å². The minimum absolute atomic E-state index is 0.0942. The maximum atomic E-state index is 13.9. The van der Waals surface area contributed by atoms with E-state index in [0.29, 0.717) is 12.5 Å². The number of aromatic amines is 1. The van der Waals surface area contributed by atoms with E-state index in [2.05, 4.69) is 26.7 Å². The largest absolute Gasteiger partial charge is 0.383 e. The van der Waals surface area contributed by atoms with Gasteiger partial charge < -0.3 is 9.72 Å². The molecule has 6 heteroatoms. The zero-order valence-electron chi connectivity index (χ0n) is 18.6. The smallest absolute Gasteiger partial charge is 0.127 e. The third-order valence-electron chi connectivity index (χ3n) is 6.03. The molecule has 0 saturated carbocycles. The van der Waals surface area contributed by atoms with Gasteiger partial charge in [0.2, 0.25) is 0 Å². The topological polar surface area (TPSA) is 44.4 Å². The van der Waals surface area contributed by atoms with Crippen LogP contribution in [0.3, 0.4) is 0 Å². The zero-order chi connectivity index (χ0) is 21.2. The molecule has 0 unspecified atom stereocenters. The van der Waals surface area contributed by atoms with E-state index in [1.54, 1.807) is 19.2 Å². The minimum Gasteiger partial charge on any atom is -0.383 e. The average Bonchev–Trinajstić information content (AvgIpc) is 3.20. The van der Waals surface area contributed by atoms with Gasteiger partial charge in [-0.2, -0.15) is 0 Å². The van der Waals surface area contributed by atoms with Crippen LogP contribution in [-0.2, 0) is 24.2 Å². The van der Waals surface area contributed by atoms with Gasteiger partial charge in [0.05, 0.1) is 6.61 Å². The fourth-order valence-corrected chi connectivity index (χ4v) is 4.21. The summed E-state index contributed by atoms with van der Waals surface area (Å²) in [6.07, 6.45) is 7.68. The number of imidazole rings is 1. The monoisotopic (exact) mass is 416 g/mol. The first kappa shape index (κ1) is 22.9. The lowest BCUT2D eigenvalue weighted by Crippen LogP contribution is -2.39. The molecule has 0 aliphatic carbocycles. The number of nitrogens with zero attached hydrogens (tertiary/aromatic N) is 3. The van der Waals surface area contributed by atoms with Crippen molar-refractivity contribution >= 4 is 0 Å². The van der Waals surface area contributed by atoms with E-state index in [0.717, 1.165) is 70.0 Å². The molecule has 0 radical (unpaired) electrons. The molecule has 2 aromatic rings. The third kappa shape index (κ3) is 7.18. The predicted molar refractivity (Wildman–Crippen MR) is 119 cm³/mol. The molecule has 0 amide bonds. The third-order valence-corrected chi connectivity index (χ3v) is 6.03. The number of hydrogen-bond acceptors (Lipinski definition) is 4. The molecule has 1 N–H and O–H groups in total. The minimum atomic E-state index is -0.0942. The highest BCUT2D eigenvalue weighted by Gasteiger charge is 2.22. The van der Waals surface area contributed by atoms with Crippen LogP contribution >= 0.6 is 0 Å². The standard InChI is InChI=1S/C24H37FN4O/c1-3-4-9-24-26-16-22(27-24)19-29(14-15-30-2)17-20-10-12-28(13-11-20)18-21-7-5-6-8-23(21)25/h5-8,16,20H,3-4,9-15,17-19H2,1-2H3,(H,26,27). The number of aryl methyl sites for hydroxylation is 1. The van der Waals surface area contributed by atoms with Crippen LogP contribution in [0.1, 0.15) is 49.7 Å². The number of piperidine rings is 1. The molecular formula is C24H37FN4O. The molecule has 2 heterocycles. The Balaban J connectivity index is 1.48. The van der Waals surface area contributed by atoms with Crippen LogP contribution in [0.2, 0.25) is 0 Å². The van der Waals surface area contributed by atoms with Crippen molar-refractivity contribution in [2.24, 2.45) is 5.92 Å². The second kappa shape index (κ2) is 12.2. The summed E-state index contributed by atoms with van der Waals surface area (Å²) in [6.45, 7) is 8.60. The van der Waals surface area contributed by atoms with Gasteiger partial charge in [0.15, 0.2) is 0 Å².